The highest BCUT2D eigenvalue weighted by Gasteiger charge is 2.50. The van der Waals surface area contributed by atoms with Crippen molar-refractivity contribution in [2.75, 3.05) is 0 Å². The lowest BCUT2D eigenvalue weighted by Gasteiger charge is -2.30. The molecule has 2 heterocycles. The van der Waals surface area contributed by atoms with Crippen molar-refractivity contribution in [3.8, 4) is 17.0 Å². The van der Waals surface area contributed by atoms with Gasteiger partial charge in [0, 0.05) is 11.8 Å². The third-order valence-electron chi connectivity index (χ3n) is 5.21. The number of phenolic OH excluding ortho intramolecular Hbond substituents is 1. The van der Waals surface area contributed by atoms with E-state index in [1.165, 1.54) is 15.6 Å². The molecule has 124 valence electrons. The van der Waals surface area contributed by atoms with Crippen molar-refractivity contribution in [1.82, 2.24) is 9.97 Å². The van der Waals surface area contributed by atoms with Crippen LogP contribution in [0.25, 0.3) is 11.3 Å². The number of hydrogen-bond donors (Lipinski definition) is 1. The summed E-state index contributed by atoms with van der Waals surface area (Å²) in [5.74, 6) is 0.281. The maximum atomic E-state index is 10.7. The molecule has 0 atom stereocenters. The van der Waals surface area contributed by atoms with Crippen LogP contribution < -0.4 is 20.7 Å². The zero-order chi connectivity index (χ0) is 17.6. The van der Waals surface area contributed by atoms with Gasteiger partial charge in [0.05, 0.1) is 5.69 Å². The lowest BCUT2D eigenvalue weighted by Crippen LogP contribution is -2.72. The minimum Gasteiger partial charge on any atom is -0.507 e. The maximum Gasteiger partial charge on any atom is 0.184 e. The van der Waals surface area contributed by atoms with Gasteiger partial charge in [0.15, 0.2) is 8.07 Å². The Balaban J connectivity index is 2.00. The summed E-state index contributed by atoms with van der Waals surface area (Å²) in [5, 5.41) is 15.5. The molecule has 5 rings (SSSR count). The van der Waals surface area contributed by atoms with Crippen LogP contribution in [0.15, 0.2) is 91.4 Å². The number of phenols is 1. The van der Waals surface area contributed by atoms with Crippen LogP contribution in [0.5, 0.6) is 5.75 Å². The zero-order valence-electron chi connectivity index (χ0n) is 14.0. The Hall–Kier alpha value is -3.24. The minimum atomic E-state index is -2.54. The van der Waals surface area contributed by atoms with Crippen molar-refractivity contribution in [1.29, 1.82) is 0 Å². The van der Waals surface area contributed by atoms with Gasteiger partial charge >= 0.3 is 0 Å². The lowest BCUT2D eigenvalue weighted by atomic mass is 10.1. The topological polar surface area (TPSA) is 46.0 Å². The summed E-state index contributed by atoms with van der Waals surface area (Å²) < 4.78 is 0. The van der Waals surface area contributed by atoms with Crippen molar-refractivity contribution < 1.29 is 5.11 Å². The van der Waals surface area contributed by atoms with Crippen LogP contribution >= 0.6 is 0 Å². The number of fused-ring (bicyclic) bond motifs is 3. The van der Waals surface area contributed by atoms with E-state index in [1.807, 2.05) is 24.4 Å². The molecule has 0 spiro atoms. The van der Waals surface area contributed by atoms with E-state index >= 15 is 0 Å². The Labute approximate surface area is 152 Å². The molecule has 0 unspecified atom stereocenters. The number of rotatable bonds is 2. The first kappa shape index (κ1) is 15.0. The summed E-state index contributed by atoms with van der Waals surface area (Å²) in [6.45, 7) is 0. The van der Waals surface area contributed by atoms with E-state index in [2.05, 4.69) is 64.6 Å². The van der Waals surface area contributed by atoms with Crippen LogP contribution in [-0.4, -0.2) is 23.1 Å². The standard InChI is InChI=1S/C22H16N2OSi/c25-18-12-7-13-19-21(18)22-20(14-23-15-24-22)26(19,16-8-3-1-4-9-16)17-10-5-2-6-11-17/h1-15,25H. The first-order chi connectivity index (χ1) is 12.8. The molecule has 4 heteroatoms. The van der Waals surface area contributed by atoms with Crippen LogP contribution in [0.1, 0.15) is 0 Å². The predicted molar refractivity (Wildman–Crippen MR) is 106 cm³/mol. The fraction of sp³-hybridized carbons (Fsp3) is 0. The molecule has 0 aliphatic carbocycles. The van der Waals surface area contributed by atoms with Crippen LogP contribution in [0.3, 0.4) is 0 Å². The van der Waals surface area contributed by atoms with Gasteiger partial charge in [0.25, 0.3) is 0 Å². The quantitative estimate of drug-likeness (QED) is 0.490. The molecule has 1 aliphatic heterocycles. The normalized spacial score (nSPS) is 13.8. The summed E-state index contributed by atoms with van der Waals surface area (Å²) >= 11 is 0. The molecule has 0 saturated heterocycles. The van der Waals surface area contributed by atoms with Crippen LogP contribution in [0.4, 0.5) is 0 Å². The first-order valence-electron chi connectivity index (χ1n) is 8.58. The first-order valence-corrected chi connectivity index (χ1v) is 10.6. The minimum absolute atomic E-state index is 0.281. The maximum absolute atomic E-state index is 10.7. The van der Waals surface area contributed by atoms with Crippen LogP contribution in [0, 0.1) is 0 Å². The fourth-order valence-electron chi connectivity index (χ4n) is 4.21. The van der Waals surface area contributed by atoms with Gasteiger partial charge in [-0.15, -0.1) is 0 Å². The van der Waals surface area contributed by atoms with Crippen LogP contribution in [0.2, 0.25) is 0 Å². The second-order valence-electron chi connectivity index (χ2n) is 6.47. The highest BCUT2D eigenvalue weighted by atomic mass is 28.3. The summed E-state index contributed by atoms with van der Waals surface area (Å²) in [6, 6.07) is 27.0. The highest BCUT2D eigenvalue weighted by molar-refractivity contribution is 7.22. The van der Waals surface area contributed by atoms with E-state index in [4.69, 9.17) is 0 Å². The fourth-order valence-corrected chi connectivity index (χ4v) is 9.25. The monoisotopic (exact) mass is 352 g/mol. The van der Waals surface area contributed by atoms with Gasteiger partial charge in [-0.25, -0.2) is 9.97 Å². The van der Waals surface area contributed by atoms with E-state index in [1.54, 1.807) is 12.4 Å². The lowest BCUT2D eigenvalue weighted by molar-refractivity contribution is 0.477. The van der Waals surface area contributed by atoms with E-state index in [0.717, 1.165) is 16.4 Å². The highest BCUT2D eigenvalue weighted by Crippen LogP contribution is 2.32. The van der Waals surface area contributed by atoms with E-state index in [-0.39, 0.29) is 5.75 Å². The molecule has 0 fully saturated rings. The molecule has 26 heavy (non-hydrogen) atoms. The van der Waals surface area contributed by atoms with Gasteiger partial charge in [0.2, 0.25) is 0 Å². The smallest absolute Gasteiger partial charge is 0.184 e. The summed E-state index contributed by atoms with van der Waals surface area (Å²) in [6.07, 6.45) is 3.50. The molecule has 4 aromatic rings. The molecule has 1 aliphatic rings. The molecular formula is C22H16N2OSi. The van der Waals surface area contributed by atoms with Gasteiger partial charge in [-0.05, 0) is 26.8 Å². The van der Waals surface area contributed by atoms with E-state index in [0.29, 0.717) is 0 Å². The summed E-state index contributed by atoms with van der Waals surface area (Å²) in [7, 11) is -2.54. The SMILES string of the molecule is Oc1cccc2c1-c1ncncc1[Si]2(c1ccccc1)c1ccccc1. The second kappa shape index (κ2) is 5.64. The Morgan fingerprint density at radius 2 is 1.35 bits per heavy atom. The van der Waals surface area contributed by atoms with Crippen LogP contribution in [-0.2, 0) is 0 Å². The number of hydrogen-bond acceptors (Lipinski definition) is 3. The number of aromatic nitrogens is 2. The number of nitrogens with zero attached hydrogens (tertiary/aromatic N) is 2. The molecule has 0 saturated carbocycles. The van der Waals surface area contributed by atoms with Gasteiger partial charge in [-0.3, -0.25) is 0 Å². The van der Waals surface area contributed by atoms with Crippen molar-refractivity contribution in [2.45, 2.75) is 0 Å². The Kier molecular flexibility index (Phi) is 3.27. The summed E-state index contributed by atoms with van der Waals surface area (Å²) in [5.41, 5.74) is 1.71. The van der Waals surface area contributed by atoms with Gasteiger partial charge in [0.1, 0.15) is 12.1 Å². The predicted octanol–water partition coefficient (Wildman–Crippen LogP) is 1.54. The van der Waals surface area contributed by atoms with Gasteiger partial charge < -0.3 is 5.11 Å². The van der Waals surface area contributed by atoms with Crippen molar-refractivity contribution in [2.24, 2.45) is 0 Å². The largest absolute Gasteiger partial charge is 0.507 e. The molecule has 0 bridgehead atoms. The molecular weight excluding hydrogens is 336 g/mol. The molecule has 0 amide bonds. The van der Waals surface area contributed by atoms with Crippen molar-refractivity contribution in [3.63, 3.8) is 0 Å². The molecule has 1 aromatic heterocycles. The number of benzene rings is 3. The zero-order valence-corrected chi connectivity index (χ0v) is 15.0. The molecule has 3 aromatic carbocycles. The Morgan fingerprint density at radius 1 is 0.692 bits per heavy atom. The average molecular weight is 352 g/mol. The third kappa shape index (κ3) is 1.87. The van der Waals surface area contributed by atoms with Crippen molar-refractivity contribution in [3.05, 3.63) is 91.4 Å². The number of aromatic hydroxyl groups is 1. The second-order valence-corrected chi connectivity index (χ2v) is 10.2. The molecule has 1 N–H and O–H groups in total. The third-order valence-corrected chi connectivity index (χ3v) is 10.0. The van der Waals surface area contributed by atoms with E-state index < -0.39 is 8.07 Å². The molecule has 0 radical (unpaired) electrons. The van der Waals surface area contributed by atoms with E-state index in [9.17, 15) is 5.11 Å². The Bertz CT molecular complexity index is 1060. The van der Waals surface area contributed by atoms with Gasteiger partial charge in [-0.2, -0.15) is 0 Å². The van der Waals surface area contributed by atoms with Crippen molar-refractivity contribution >= 4 is 28.8 Å². The van der Waals surface area contributed by atoms with Gasteiger partial charge in [-0.1, -0.05) is 72.8 Å². The Morgan fingerprint density at radius 3 is 2.00 bits per heavy atom. The molecule has 3 nitrogen and oxygen atoms in total. The average Bonchev–Trinajstić information content (AvgIpc) is 3.02. The summed E-state index contributed by atoms with van der Waals surface area (Å²) in [4.78, 5) is 8.93.